The number of nitrogens with zero attached hydrogens (tertiary/aromatic N) is 5. The van der Waals surface area contributed by atoms with Gasteiger partial charge in [-0.05, 0) is 19.4 Å². The van der Waals surface area contributed by atoms with Crippen molar-refractivity contribution in [1.29, 1.82) is 0 Å². The van der Waals surface area contributed by atoms with Gasteiger partial charge in [-0.1, -0.05) is 0 Å². The number of amides is 2. The molecule has 2 aromatic heterocycles. The Morgan fingerprint density at radius 3 is 2.78 bits per heavy atom. The minimum Gasteiger partial charge on any atom is -0.332 e. The zero-order chi connectivity index (χ0) is 16.0. The summed E-state index contributed by atoms with van der Waals surface area (Å²) < 4.78 is 0. The van der Waals surface area contributed by atoms with Crippen molar-refractivity contribution in [2.75, 3.05) is 11.4 Å². The maximum Gasteiger partial charge on any atom is 0.274 e. The van der Waals surface area contributed by atoms with Crippen LogP contribution in [0.3, 0.4) is 0 Å². The number of rotatable bonds is 2. The Labute approximate surface area is 132 Å². The third-order valence-electron chi connectivity index (χ3n) is 4.51. The summed E-state index contributed by atoms with van der Waals surface area (Å²) in [7, 11) is 0. The molecule has 0 spiro atoms. The van der Waals surface area contributed by atoms with Crippen LogP contribution >= 0.6 is 0 Å². The van der Waals surface area contributed by atoms with Crippen molar-refractivity contribution in [1.82, 2.24) is 25.1 Å². The van der Waals surface area contributed by atoms with Crippen LogP contribution in [0.2, 0.25) is 0 Å². The van der Waals surface area contributed by atoms with Gasteiger partial charge in [-0.15, -0.1) is 0 Å². The maximum absolute atomic E-state index is 12.6. The van der Waals surface area contributed by atoms with Gasteiger partial charge in [0.1, 0.15) is 12.0 Å². The van der Waals surface area contributed by atoms with Crippen molar-refractivity contribution < 1.29 is 9.59 Å². The first-order valence-corrected chi connectivity index (χ1v) is 7.55. The van der Waals surface area contributed by atoms with Gasteiger partial charge in [-0.3, -0.25) is 14.7 Å². The van der Waals surface area contributed by atoms with Crippen LogP contribution in [0, 0.1) is 6.92 Å². The number of H-pyrrole nitrogens is 1. The molecule has 0 saturated carbocycles. The molecule has 2 aliphatic rings. The van der Waals surface area contributed by atoms with Gasteiger partial charge in [0.05, 0.1) is 30.2 Å². The number of carbonyl (C=O) groups excluding carboxylic acids is 2. The zero-order valence-electron chi connectivity index (χ0n) is 12.6. The molecule has 8 heteroatoms. The SMILES string of the molecule is Cc1cc(C(=O)N2CC[C@@H]3[C@H]2CC(=O)N3c2cncnc2)n[nH]1. The van der Waals surface area contributed by atoms with Gasteiger partial charge in [-0.25, -0.2) is 9.97 Å². The Morgan fingerprint density at radius 1 is 1.30 bits per heavy atom. The Hall–Kier alpha value is -2.77. The number of nitrogens with one attached hydrogen (secondary N) is 1. The van der Waals surface area contributed by atoms with Gasteiger partial charge in [0.15, 0.2) is 0 Å². The van der Waals surface area contributed by atoms with Gasteiger partial charge in [0, 0.05) is 18.7 Å². The standard InChI is InChI=1S/C15H16N6O2/c1-9-4-11(19-18-9)15(23)20-3-2-12-13(20)5-14(22)21(12)10-6-16-8-17-7-10/h4,6-8,12-13H,2-3,5H2,1H3,(H,18,19)/t12-,13-/m1/s1. The van der Waals surface area contributed by atoms with Crippen molar-refractivity contribution in [3.8, 4) is 0 Å². The van der Waals surface area contributed by atoms with Crippen LogP contribution in [-0.2, 0) is 4.79 Å². The number of fused-ring (bicyclic) bond motifs is 1. The number of aryl methyl sites for hydroxylation is 1. The summed E-state index contributed by atoms with van der Waals surface area (Å²) in [5, 5.41) is 6.82. The molecular weight excluding hydrogens is 296 g/mol. The smallest absolute Gasteiger partial charge is 0.274 e. The van der Waals surface area contributed by atoms with Crippen LogP contribution in [-0.4, -0.2) is 55.5 Å². The predicted molar refractivity (Wildman–Crippen MR) is 80.7 cm³/mol. The highest BCUT2D eigenvalue weighted by Crippen LogP contribution is 2.36. The average molecular weight is 312 g/mol. The number of hydrogen-bond acceptors (Lipinski definition) is 5. The lowest BCUT2D eigenvalue weighted by atomic mass is 10.1. The summed E-state index contributed by atoms with van der Waals surface area (Å²) in [6, 6.07) is 1.60. The largest absolute Gasteiger partial charge is 0.332 e. The lowest BCUT2D eigenvalue weighted by Gasteiger charge is -2.24. The number of aromatic amines is 1. The molecule has 2 fully saturated rings. The average Bonchev–Trinajstić information content (AvgIpc) is 3.22. The fourth-order valence-corrected chi connectivity index (χ4v) is 3.52. The van der Waals surface area contributed by atoms with Crippen molar-refractivity contribution >= 4 is 17.5 Å². The molecule has 0 unspecified atom stereocenters. The van der Waals surface area contributed by atoms with E-state index in [0.29, 0.717) is 24.3 Å². The molecule has 8 nitrogen and oxygen atoms in total. The molecule has 0 aromatic carbocycles. The topological polar surface area (TPSA) is 95.1 Å². The monoisotopic (exact) mass is 312 g/mol. The fourth-order valence-electron chi connectivity index (χ4n) is 3.52. The van der Waals surface area contributed by atoms with E-state index in [0.717, 1.165) is 12.1 Å². The molecule has 2 aromatic rings. The van der Waals surface area contributed by atoms with Crippen molar-refractivity contribution in [2.45, 2.75) is 31.8 Å². The molecule has 1 N–H and O–H groups in total. The minimum absolute atomic E-state index is 0.00510. The lowest BCUT2D eigenvalue weighted by Crippen LogP contribution is -2.40. The highest BCUT2D eigenvalue weighted by molar-refractivity contribution is 5.99. The van der Waals surface area contributed by atoms with Gasteiger partial charge in [-0.2, -0.15) is 5.10 Å². The summed E-state index contributed by atoms with van der Waals surface area (Å²) >= 11 is 0. The first-order valence-electron chi connectivity index (χ1n) is 7.55. The molecule has 0 radical (unpaired) electrons. The molecule has 2 saturated heterocycles. The summed E-state index contributed by atoms with van der Waals surface area (Å²) in [5.41, 5.74) is 1.93. The third kappa shape index (κ3) is 2.18. The van der Waals surface area contributed by atoms with E-state index in [1.54, 1.807) is 28.3 Å². The molecule has 2 aliphatic heterocycles. The van der Waals surface area contributed by atoms with Crippen LogP contribution in [0.5, 0.6) is 0 Å². The highest BCUT2D eigenvalue weighted by Gasteiger charge is 2.49. The zero-order valence-corrected chi connectivity index (χ0v) is 12.6. The van der Waals surface area contributed by atoms with E-state index in [4.69, 9.17) is 0 Å². The van der Waals surface area contributed by atoms with Gasteiger partial charge in [0.2, 0.25) is 5.91 Å². The summed E-state index contributed by atoms with van der Waals surface area (Å²) in [6.45, 7) is 2.48. The molecule has 4 rings (SSSR count). The minimum atomic E-state index is -0.124. The molecule has 0 aliphatic carbocycles. The maximum atomic E-state index is 12.6. The van der Waals surface area contributed by atoms with E-state index in [1.807, 2.05) is 6.92 Å². The second-order valence-corrected chi connectivity index (χ2v) is 5.92. The van der Waals surface area contributed by atoms with Crippen LogP contribution in [0.1, 0.15) is 29.0 Å². The van der Waals surface area contributed by atoms with Gasteiger partial charge in [0.25, 0.3) is 5.91 Å². The number of likely N-dealkylation sites (tertiary alicyclic amines) is 1. The van der Waals surface area contributed by atoms with E-state index >= 15 is 0 Å². The second-order valence-electron chi connectivity index (χ2n) is 5.92. The molecule has 4 heterocycles. The molecular formula is C15H16N6O2. The summed E-state index contributed by atoms with van der Waals surface area (Å²) in [5.74, 6) is -0.119. The van der Waals surface area contributed by atoms with Crippen molar-refractivity contribution in [2.24, 2.45) is 0 Å². The third-order valence-corrected chi connectivity index (χ3v) is 4.51. The Kier molecular flexibility index (Phi) is 3.10. The fraction of sp³-hybridized carbons (Fsp3) is 0.400. The molecule has 2 amide bonds. The molecule has 118 valence electrons. The molecule has 0 bridgehead atoms. The predicted octanol–water partition coefficient (Wildman–Crippen LogP) is 0.528. The number of carbonyl (C=O) groups is 2. The van der Waals surface area contributed by atoms with Crippen LogP contribution in [0.25, 0.3) is 0 Å². The van der Waals surface area contributed by atoms with Crippen LogP contribution < -0.4 is 4.90 Å². The Balaban J connectivity index is 1.60. The molecule has 23 heavy (non-hydrogen) atoms. The van der Waals surface area contributed by atoms with Gasteiger partial charge >= 0.3 is 0 Å². The lowest BCUT2D eigenvalue weighted by molar-refractivity contribution is -0.117. The summed E-state index contributed by atoms with van der Waals surface area (Å²) in [4.78, 5) is 36.5. The molecule has 2 atom stereocenters. The quantitative estimate of drug-likeness (QED) is 0.872. The van der Waals surface area contributed by atoms with Gasteiger partial charge < -0.3 is 9.80 Å². The number of aromatic nitrogens is 4. The summed E-state index contributed by atoms with van der Waals surface area (Å²) in [6.07, 6.45) is 5.78. The van der Waals surface area contributed by atoms with Crippen molar-refractivity contribution in [3.63, 3.8) is 0 Å². The first kappa shape index (κ1) is 13.9. The first-order chi connectivity index (χ1) is 11.1. The van der Waals surface area contributed by atoms with Crippen LogP contribution in [0.15, 0.2) is 24.8 Å². The second kappa shape index (κ2) is 5.15. The number of hydrogen-bond donors (Lipinski definition) is 1. The van der Waals surface area contributed by atoms with E-state index in [2.05, 4.69) is 20.2 Å². The normalized spacial score (nSPS) is 23.4. The van der Waals surface area contributed by atoms with E-state index in [-0.39, 0.29) is 23.9 Å². The van der Waals surface area contributed by atoms with E-state index in [1.165, 1.54) is 6.33 Å². The van der Waals surface area contributed by atoms with Crippen molar-refractivity contribution in [3.05, 3.63) is 36.2 Å². The Morgan fingerprint density at radius 2 is 2.09 bits per heavy atom. The van der Waals surface area contributed by atoms with E-state index in [9.17, 15) is 9.59 Å². The van der Waals surface area contributed by atoms with Crippen LogP contribution in [0.4, 0.5) is 5.69 Å². The highest BCUT2D eigenvalue weighted by atomic mass is 16.2. The Bertz CT molecular complexity index is 758. The van der Waals surface area contributed by atoms with E-state index < -0.39 is 0 Å². The number of anilines is 1.